The molecule has 7 nitrogen and oxygen atoms in total. The summed E-state index contributed by atoms with van der Waals surface area (Å²) >= 11 is 0. The number of carbonyl (C=O) groups excluding carboxylic acids is 2. The van der Waals surface area contributed by atoms with E-state index < -0.39 is 0 Å². The minimum atomic E-state index is -0.195. The van der Waals surface area contributed by atoms with Gasteiger partial charge < -0.3 is 20.3 Å². The number of aliphatic imine (C=N–C) groups is 1. The van der Waals surface area contributed by atoms with E-state index in [1.54, 1.807) is 0 Å². The number of guanidine groups is 1. The van der Waals surface area contributed by atoms with Gasteiger partial charge in [0.15, 0.2) is 5.96 Å². The second-order valence-electron chi connectivity index (χ2n) is 6.77. The molecule has 1 fully saturated rings. The molecule has 0 radical (unpaired) electrons. The molecule has 1 amide bonds. The molecule has 1 aromatic rings. The highest BCUT2D eigenvalue weighted by Gasteiger charge is 2.36. The zero-order valence-electron chi connectivity index (χ0n) is 16.4. The van der Waals surface area contributed by atoms with Gasteiger partial charge in [-0.2, -0.15) is 0 Å². The fourth-order valence-electron chi connectivity index (χ4n) is 3.22. The molecule has 1 saturated heterocycles. The van der Waals surface area contributed by atoms with Crippen molar-refractivity contribution in [1.29, 1.82) is 0 Å². The van der Waals surface area contributed by atoms with Gasteiger partial charge >= 0.3 is 5.97 Å². The molecule has 0 bridgehead atoms. The van der Waals surface area contributed by atoms with Crippen LogP contribution in [0.1, 0.15) is 19.4 Å². The van der Waals surface area contributed by atoms with Gasteiger partial charge in [0, 0.05) is 26.2 Å². The first kappa shape index (κ1) is 20.7. The number of esters is 1. The monoisotopic (exact) mass is 374 g/mol. The van der Waals surface area contributed by atoms with Crippen LogP contribution >= 0.6 is 0 Å². The minimum Gasteiger partial charge on any atom is -0.469 e. The molecule has 148 valence electrons. The predicted molar refractivity (Wildman–Crippen MR) is 105 cm³/mol. The molecule has 2 unspecified atom stereocenters. The molecule has 0 aromatic heterocycles. The van der Waals surface area contributed by atoms with Gasteiger partial charge in [0.05, 0.1) is 13.0 Å². The number of amides is 1. The molecule has 0 aliphatic carbocycles. The number of rotatable bonds is 7. The molecule has 1 aliphatic rings. The molecular formula is C20H30N4O3. The number of hydrogen-bond donors (Lipinski definition) is 2. The normalized spacial score (nSPS) is 19.7. The average molecular weight is 374 g/mol. The average Bonchev–Trinajstić information content (AvgIpc) is 3.07. The molecule has 2 rings (SSSR count). The van der Waals surface area contributed by atoms with Gasteiger partial charge in [0.1, 0.15) is 6.54 Å². The van der Waals surface area contributed by atoms with Crippen LogP contribution < -0.4 is 10.6 Å². The van der Waals surface area contributed by atoms with Crippen molar-refractivity contribution in [3.63, 3.8) is 0 Å². The summed E-state index contributed by atoms with van der Waals surface area (Å²) in [5.74, 6) is 0.367. The molecule has 1 aliphatic heterocycles. The summed E-state index contributed by atoms with van der Waals surface area (Å²) < 4.78 is 4.88. The second-order valence-corrected chi connectivity index (χ2v) is 6.77. The highest BCUT2D eigenvalue weighted by Crippen LogP contribution is 2.24. The summed E-state index contributed by atoms with van der Waals surface area (Å²) in [6.45, 7) is 6.61. The Morgan fingerprint density at radius 1 is 1.22 bits per heavy atom. The van der Waals surface area contributed by atoms with E-state index in [-0.39, 0.29) is 30.3 Å². The van der Waals surface area contributed by atoms with Crippen molar-refractivity contribution in [2.75, 3.05) is 39.8 Å². The van der Waals surface area contributed by atoms with Gasteiger partial charge in [0.2, 0.25) is 5.91 Å². The molecule has 1 aromatic carbocycles. The third kappa shape index (κ3) is 6.27. The lowest BCUT2D eigenvalue weighted by molar-refractivity contribution is -0.146. The number of likely N-dealkylation sites (tertiary alicyclic amines) is 1. The van der Waals surface area contributed by atoms with E-state index in [2.05, 4.69) is 15.6 Å². The fourth-order valence-corrected chi connectivity index (χ4v) is 3.22. The van der Waals surface area contributed by atoms with Crippen LogP contribution in [0.5, 0.6) is 0 Å². The van der Waals surface area contributed by atoms with Crippen molar-refractivity contribution in [2.24, 2.45) is 16.8 Å². The molecule has 2 atom stereocenters. The van der Waals surface area contributed by atoms with Crippen molar-refractivity contribution in [3.8, 4) is 0 Å². The molecule has 1 heterocycles. The van der Waals surface area contributed by atoms with Crippen molar-refractivity contribution < 1.29 is 14.3 Å². The molecule has 2 N–H and O–H groups in total. The van der Waals surface area contributed by atoms with Gasteiger partial charge in [-0.25, -0.2) is 4.99 Å². The Labute approximate surface area is 161 Å². The second kappa shape index (κ2) is 10.5. The lowest BCUT2D eigenvalue weighted by Crippen LogP contribution is -2.41. The molecule has 0 spiro atoms. The number of ether oxygens (including phenoxy) is 1. The van der Waals surface area contributed by atoms with E-state index in [4.69, 9.17) is 4.74 Å². The Bertz CT molecular complexity index is 648. The van der Waals surface area contributed by atoms with Gasteiger partial charge in [-0.3, -0.25) is 9.59 Å². The third-order valence-corrected chi connectivity index (χ3v) is 4.70. The molecular weight excluding hydrogens is 344 g/mol. The van der Waals surface area contributed by atoms with E-state index in [0.29, 0.717) is 32.1 Å². The zero-order chi connectivity index (χ0) is 19.6. The van der Waals surface area contributed by atoms with Crippen molar-refractivity contribution in [3.05, 3.63) is 35.9 Å². The number of benzene rings is 1. The quantitative estimate of drug-likeness (QED) is 0.424. The van der Waals surface area contributed by atoms with Gasteiger partial charge in [-0.15, -0.1) is 0 Å². The Hall–Kier alpha value is -2.57. The predicted octanol–water partition coefficient (Wildman–Crippen LogP) is 1.05. The summed E-state index contributed by atoms with van der Waals surface area (Å²) in [5, 5.41) is 6.10. The van der Waals surface area contributed by atoms with Crippen molar-refractivity contribution >= 4 is 17.8 Å². The lowest BCUT2D eigenvalue weighted by Gasteiger charge is -2.21. The first-order chi connectivity index (χ1) is 13.0. The first-order valence-electron chi connectivity index (χ1n) is 9.46. The summed E-state index contributed by atoms with van der Waals surface area (Å²) in [5.41, 5.74) is 1.19. The van der Waals surface area contributed by atoms with E-state index in [9.17, 15) is 9.59 Å². The Morgan fingerprint density at radius 3 is 2.63 bits per heavy atom. The van der Waals surface area contributed by atoms with Crippen LogP contribution in [0.3, 0.4) is 0 Å². The fraction of sp³-hybridized carbons (Fsp3) is 0.550. The molecule has 27 heavy (non-hydrogen) atoms. The molecule has 0 saturated carbocycles. The number of hydrogen-bond acceptors (Lipinski definition) is 4. The van der Waals surface area contributed by atoms with Crippen LogP contribution in [-0.4, -0.2) is 62.6 Å². The zero-order valence-corrected chi connectivity index (χ0v) is 16.4. The Balaban J connectivity index is 1.85. The van der Waals surface area contributed by atoms with E-state index in [1.165, 1.54) is 12.7 Å². The maximum Gasteiger partial charge on any atom is 0.310 e. The topological polar surface area (TPSA) is 83.0 Å². The first-order valence-corrected chi connectivity index (χ1v) is 9.46. The van der Waals surface area contributed by atoms with Crippen LogP contribution in [0.4, 0.5) is 0 Å². The Kier molecular flexibility index (Phi) is 8.10. The number of carbonyl (C=O) groups is 2. The Morgan fingerprint density at radius 2 is 1.96 bits per heavy atom. The largest absolute Gasteiger partial charge is 0.469 e. The smallest absolute Gasteiger partial charge is 0.310 e. The van der Waals surface area contributed by atoms with E-state index in [1.807, 2.05) is 49.1 Å². The maximum atomic E-state index is 12.1. The number of nitrogens with zero attached hydrogens (tertiary/aromatic N) is 2. The summed E-state index contributed by atoms with van der Waals surface area (Å²) in [7, 11) is 1.41. The summed E-state index contributed by atoms with van der Waals surface area (Å²) in [6, 6.07) is 10.0. The lowest BCUT2D eigenvalue weighted by atomic mass is 9.99. The standard InChI is InChI=1S/C20H30N4O3/c1-4-21-20(24-13-15(2)17(14-24)19(26)27-3)23-12-18(25)22-11-10-16-8-6-5-7-9-16/h5-9,15,17H,4,10-14H2,1-3H3,(H,21,23)(H,22,25). The maximum absolute atomic E-state index is 12.1. The third-order valence-electron chi connectivity index (χ3n) is 4.70. The SMILES string of the molecule is CCNC(=NCC(=O)NCCc1ccccc1)N1CC(C)C(C(=O)OC)C1. The molecule has 7 heteroatoms. The van der Waals surface area contributed by atoms with Crippen molar-refractivity contribution in [2.45, 2.75) is 20.3 Å². The highest BCUT2D eigenvalue weighted by molar-refractivity contribution is 5.86. The number of methoxy groups -OCH3 is 1. The van der Waals surface area contributed by atoms with E-state index >= 15 is 0 Å². The summed E-state index contributed by atoms with van der Waals surface area (Å²) in [6.07, 6.45) is 0.792. The van der Waals surface area contributed by atoms with Crippen LogP contribution in [0.15, 0.2) is 35.3 Å². The van der Waals surface area contributed by atoms with Crippen molar-refractivity contribution in [1.82, 2.24) is 15.5 Å². The van der Waals surface area contributed by atoms with Gasteiger partial charge in [-0.1, -0.05) is 37.3 Å². The minimum absolute atomic E-state index is 0.0604. The van der Waals surface area contributed by atoms with Crippen LogP contribution in [0.25, 0.3) is 0 Å². The highest BCUT2D eigenvalue weighted by atomic mass is 16.5. The van der Waals surface area contributed by atoms with Crippen LogP contribution in [-0.2, 0) is 20.7 Å². The van der Waals surface area contributed by atoms with Crippen LogP contribution in [0, 0.1) is 11.8 Å². The summed E-state index contributed by atoms with van der Waals surface area (Å²) in [4.78, 5) is 30.4. The number of nitrogens with one attached hydrogen (secondary N) is 2. The van der Waals surface area contributed by atoms with Crippen LogP contribution in [0.2, 0.25) is 0 Å². The van der Waals surface area contributed by atoms with E-state index in [0.717, 1.165) is 6.42 Å². The van der Waals surface area contributed by atoms with Gasteiger partial charge in [0.25, 0.3) is 0 Å². The van der Waals surface area contributed by atoms with Gasteiger partial charge in [-0.05, 0) is 24.8 Å².